The van der Waals surface area contributed by atoms with Gasteiger partial charge in [0.15, 0.2) is 0 Å². The van der Waals surface area contributed by atoms with Crippen LogP contribution in [-0.4, -0.2) is 55.2 Å². The van der Waals surface area contributed by atoms with Crippen LogP contribution in [0.5, 0.6) is 0 Å². The second-order valence-corrected chi connectivity index (χ2v) is 7.15. The highest BCUT2D eigenvalue weighted by Gasteiger charge is 2.25. The summed E-state index contributed by atoms with van der Waals surface area (Å²) in [4.78, 5) is 9.42. The molecule has 0 aliphatic carbocycles. The molecule has 1 N–H and O–H groups in total. The van der Waals surface area contributed by atoms with Crippen molar-refractivity contribution in [3.8, 4) is 0 Å². The maximum atomic E-state index is 4.45. The monoisotopic (exact) mass is 290 g/mol. The molecule has 1 aromatic heterocycles. The molecular formula is C17H30N4. The Morgan fingerprint density at radius 2 is 1.90 bits per heavy atom. The number of anilines is 1. The molecule has 0 amide bonds. The molecule has 0 radical (unpaired) electrons. The molecule has 118 valence electrons. The van der Waals surface area contributed by atoms with E-state index < -0.39 is 0 Å². The first kappa shape index (κ1) is 16.2. The van der Waals surface area contributed by atoms with Gasteiger partial charge in [0.05, 0.1) is 0 Å². The van der Waals surface area contributed by atoms with Gasteiger partial charge >= 0.3 is 0 Å². The molecule has 0 saturated carbocycles. The van der Waals surface area contributed by atoms with E-state index >= 15 is 0 Å². The third kappa shape index (κ3) is 5.29. The van der Waals surface area contributed by atoms with Crippen LogP contribution >= 0.6 is 0 Å². The Morgan fingerprint density at radius 1 is 1.19 bits per heavy atom. The minimum atomic E-state index is 0.317. The van der Waals surface area contributed by atoms with Gasteiger partial charge < -0.3 is 10.2 Å². The summed E-state index contributed by atoms with van der Waals surface area (Å²) in [6.45, 7) is 15.8. The third-order valence-corrected chi connectivity index (χ3v) is 3.99. The van der Waals surface area contributed by atoms with Crippen LogP contribution in [0.4, 0.5) is 5.82 Å². The second-order valence-electron chi connectivity index (χ2n) is 7.15. The molecule has 4 nitrogen and oxygen atoms in total. The summed E-state index contributed by atoms with van der Waals surface area (Å²) >= 11 is 0. The van der Waals surface area contributed by atoms with Crippen LogP contribution in [-0.2, 0) is 0 Å². The van der Waals surface area contributed by atoms with Crippen LogP contribution in [0.2, 0.25) is 0 Å². The first-order valence-corrected chi connectivity index (χ1v) is 8.08. The molecule has 1 aromatic rings. The van der Waals surface area contributed by atoms with Gasteiger partial charge in [-0.2, -0.15) is 0 Å². The summed E-state index contributed by atoms with van der Waals surface area (Å²) in [6, 6.07) is 6.70. The maximum absolute atomic E-state index is 4.45. The van der Waals surface area contributed by atoms with E-state index in [9.17, 15) is 0 Å². The van der Waals surface area contributed by atoms with E-state index in [0.717, 1.165) is 45.1 Å². The first-order chi connectivity index (χ1) is 9.96. The zero-order valence-corrected chi connectivity index (χ0v) is 14.0. The van der Waals surface area contributed by atoms with Gasteiger partial charge in [-0.3, -0.25) is 4.90 Å². The molecule has 1 aliphatic rings. The Labute approximate surface area is 129 Å². The zero-order chi connectivity index (χ0) is 15.3. The Kier molecular flexibility index (Phi) is 5.59. The fourth-order valence-corrected chi connectivity index (χ4v) is 2.82. The second kappa shape index (κ2) is 7.23. The van der Waals surface area contributed by atoms with Gasteiger partial charge in [0.1, 0.15) is 5.82 Å². The average molecular weight is 290 g/mol. The van der Waals surface area contributed by atoms with Crippen LogP contribution < -0.4 is 10.2 Å². The van der Waals surface area contributed by atoms with Gasteiger partial charge in [-0.25, -0.2) is 4.98 Å². The quantitative estimate of drug-likeness (QED) is 0.870. The standard InChI is InChI=1S/C17H30N4/c1-15(2)19-13-17(3,4)14-20-9-11-21(12-10-20)16-7-5-6-8-18-16/h5-8,15,19H,9-14H2,1-4H3. The SMILES string of the molecule is CC(C)NCC(C)(C)CN1CCN(c2ccccn2)CC1. The van der Waals surface area contributed by atoms with Crippen molar-refractivity contribution < 1.29 is 0 Å². The van der Waals surface area contributed by atoms with Crippen molar-refractivity contribution in [1.29, 1.82) is 0 Å². The molecule has 0 bridgehead atoms. The largest absolute Gasteiger partial charge is 0.354 e. The Morgan fingerprint density at radius 3 is 2.48 bits per heavy atom. The number of aromatic nitrogens is 1. The minimum absolute atomic E-state index is 0.317. The van der Waals surface area contributed by atoms with Crippen molar-refractivity contribution in [3.63, 3.8) is 0 Å². The molecule has 0 unspecified atom stereocenters. The highest BCUT2D eigenvalue weighted by Crippen LogP contribution is 2.19. The third-order valence-electron chi connectivity index (χ3n) is 3.99. The van der Waals surface area contributed by atoms with Crippen molar-refractivity contribution >= 4 is 5.82 Å². The van der Waals surface area contributed by atoms with E-state index in [1.807, 2.05) is 12.3 Å². The van der Waals surface area contributed by atoms with Gasteiger partial charge in [-0.15, -0.1) is 0 Å². The zero-order valence-electron chi connectivity index (χ0n) is 14.0. The molecule has 21 heavy (non-hydrogen) atoms. The fourth-order valence-electron chi connectivity index (χ4n) is 2.82. The lowest BCUT2D eigenvalue weighted by Gasteiger charge is -2.39. The minimum Gasteiger partial charge on any atom is -0.354 e. The lowest BCUT2D eigenvalue weighted by molar-refractivity contribution is 0.164. The topological polar surface area (TPSA) is 31.4 Å². The summed E-state index contributed by atoms with van der Waals surface area (Å²) in [7, 11) is 0. The van der Waals surface area contributed by atoms with Crippen LogP contribution in [0.1, 0.15) is 27.7 Å². The van der Waals surface area contributed by atoms with Crippen LogP contribution in [0.25, 0.3) is 0 Å². The van der Waals surface area contributed by atoms with Crippen molar-refractivity contribution in [3.05, 3.63) is 24.4 Å². The number of nitrogens with one attached hydrogen (secondary N) is 1. The van der Waals surface area contributed by atoms with Crippen molar-refractivity contribution in [2.75, 3.05) is 44.2 Å². The maximum Gasteiger partial charge on any atom is 0.128 e. The Bertz CT molecular complexity index is 408. The fraction of sp³-hybridized carbons (Fsp3) is 0.706. The smallest absolute Gasteiger partial charge is 0.128 e. The summed E-state index contributed by atoms with van der Waals surface area (Å²) in [5.41, 5.74) is 0.317. The molecular weight excluding hydrogens is 260 g/mol. The van der Waals surface area contributed by atoms with Crippen LogP contribution in [0.15, 0.2) is 24.4 Å². The van der Waals surface area contributed by atoms with E-state index in [2.05, 4.69) is 59.9 Å². The molecule has 2 rings (SSSR count). The van der Waals surface area contributed by atoms with E-state index in [1.165, 1.54) is 0 Å². The molecule has 4 heteroatoms. The summed E-state index contributed by atoms with van der Waals surface area (Å²) < 4.78 is 0. The van der Waals surface area contributed by atoms with E-state index in [1.54, 1.807) is 0 Å². The van der Waals surface area contributed by atoms with E-state index in [-0.39, 0.29) is 0 Å². The van der Waals surface area contributed by atoms with Crippen LogP contribution in [0.3, 0.4) is 0 Å². The first-order valence-electron chi connectivity index (χ1n) is 8.08. The highest BCUT2D eigenvalue weighted by atomic mass is 15.3. The molecule has 1 aliphatic heterocycles. The molecule has 1 fully saturated rings. The lowest BCUT2D eigenvalue weighted by atomic mass is 9.92. The van der Waals surface area contributed by atoms with Crippen molar-refractivity contribution in [2.24, 2.45) is 5.41 Å². The van der Waals surface area contributed by atoms with Gasteiger partial charge in [0.2, 0.25) is 0 Å². The Balaban J connectivity index is 1.78. The average Bonchev–Trinajstić information content (AvgIpc) is 2.47. The van der Waals surface area contributed by atoms with Gasteiger partial charge in [-0.05, 0) is 17.5 Å². The Hall–Kier alpha value is -1.13. The highest BCUT2D eigenvalue weighted by molar-refractivity contribution is 5.38. The molecule has 2 heterocycles. The van der Waals surface area contributed by atoms with Crippen molar-refractivity contribution in [2.45, 2.75) is 33.7 Å². The predicted octanol–water partition coefficient (Wildman–Crippen LogP) is 2.23. The normalized spacial score (nSPS) is 17.5. The number of hydrogen-bond donors (Lipinski definition) is 1. The predicted molar refractivity (Wildman–Crippen MR) is 89.8 cm³/mol. The number of pyridine rings is 1. The van der Waals surface area contributed by atoms with Crippen molar-refractivity contribution in [1.82, 2.24) is 15.2 Å². The molecule has 0 spiro atoms. The summed E-state index contributed by atoms with van der Waals surface area (Å²) in [5, 5.41) is 3.56. The lowest BCUT2D eigenvalue weighted by Crippen LogP contribution is -2.51. The number of hydrogen-bond acceptors (Lipinski definition) is 4. The molecule has 0 atom stereocenters. The van der Waals surface area contributed by atoms with Crippen LogP contribution in [0, 0.1) is 5.41 Å². The van der Waals surface area contributed by atoms with E-state index in [4.69, 9.17) is 0 Å². The van der Waals surface area contributed by atoms with Gasteiger partial charge in [-0.1, -0.05) is 33.8 Å². The summed E-state index contributed by atoms with van der Waals surface area (Å²) in [6.07, 6.45) is 1.88. The summed E-state index contributed by atoms with van der Waals surface area (Å²) in [5.74, 6) is 1.11. The number of piperazine rings is 1. The van der Waals surface area contributed by atoms with E-state index in [0.29, 0.717) is 11.5 Å². The van der Waals surface area contributed by atoms with Gasteiger partial charge in [0, 0.05) is 51.5 Å². The molecule has 1 saturated heterocycles. The van der Waals surface area contributed by atoms with Gasteiger partial charge in [0.25, 0.3) is 0 Å². The number of rotatable bonds is 6. The molecule has 0 aromatic carbocycles. The number of nitrogens with zero attached hydrogens (tertiary/aromatic N) is 3.